The molecule has 0 spiro atoms. The molecule has 5 fully saturated rings. The van der Waals surface area contributed by atoms with Crippen molar-refractivity contribution in [3.63, 3.8) is 0 Å². The fourth-order valence-corrected chi connectivity index (χ4v) is 7.39. The third-order valence-corrected chi connectivity index (χ3v) is 8.51. The van der Waals surface area contributed by atoms with Gasteiger partial charge >= 0.3 is 0 Å². The van der Waals surface area contributed by atoms with E-state index in [1.807, 2.05) is 23.1 Å². The smallest absolute Gasteiger partial charge is 0.225 e. The molecular formula is C26H36N2O4. The lowest BCUT2D eigenvalue weighted by Crippen LogP contribution is -2.51. The zero-order valence-electron chi connectivity index (χ0n) is 19.4. The molecule has 2 amide bonds. The Morgan fingerprint density at radius 2 is 1.72 bits per heavy atom. The molecule has 174 valence electrons. The maximum atomic E-state index is 12.9. The Balaban J connectivity index is 1.12. The number of methoxy groups -OCH3 is 2. The second kappa shape index (κ2) is 8.60. The van der Waals surface area contributed by atoms with E-state index in [1.165, 1.54) is 38.5 Å². The molecule has 6 nitrogen and oxygen atoms in total. The summed E-state index contributed by atoms with van der Waals surface area (Å²) in [6.07, 6.45) is 9.19. The number of carbonyl (C=O) groups excluding carboxylic acids is 2. The van der Waals surface area contributed by atoms with Gasteiger partial charge in [-0.2, -0.15) is 0 Å². The summed E-state index contributed by atoms with van der Waals surface area (Å²) in [5.74, 6) is 3.99. The Morgan fingerprint density at radius 3 is 2.34 bits per heavy atom. The van der Waals surface area contributed by atoms with Gasteiger partial charge in [0, 0.05) is 26.1 Å². The van der Waals surface area contributed by atoms with E-state index in [0.717, 1.165) is 36.3 Å². The fourth-order valence-electron chi connectivity index (χ4n) is 7.39. The van der Waals surface area contributed by atoms with Crippen LogP contribution in [-0.2, 0) is 16.0 Å². The number of benzene rings is 1. The number of rotatable bonds is 8. The zero-order valence-corrected chi connectivity index (χ0v) is 19.4. The van der Waals surface area contributed by atoms with Crippen LogP contribution >= 0.6 is 0 Å². The van der Waals surface area contributed by atoms with Crippen LogP contribution in [0, 0.1) is 29.1 Å². The minimum absolute atomic E-state index is 0.0720. The monoisotopic (exact) mass is 440 g/mol. The Bertz CT molecular complexity index is 847. The summed E-state index contributed by atoms with van der Waals surface area (Å²) in [7, 11) is 3.24. The lowest BCUT2D eigenvalue weighted by Gasteiger charge is -2.57. The van der Waals surface area contributed by atoms with E-state index in [1.54, 1.807) is 14.2 Å². The van der Waals surface area contributed by atoms with Gasteiger partial charge < -0.3 is 19.7 Å². The first kappa shape index (κ1) is 21.6. The van der Waals surface area contributed by atoms with Gasteiger partial charge in [0.15, 0.2) is 11.5 Å². The Hall–Kier alpha value is -2.24. The molecule has 4 saturated carbocycles. The molecule has 5 aliphatic rings. The average Bonchev–Trinajstić information content (AvgIpc) is 3.15. The molecule has 6 rings (SSSR count). The quantitative estimate of drug-likeness (QED) is 0.673. The van der Waals surface area contributed by atoms with E-state index in [2.05, 4.69) is 5.32 Å². The summed E-state index contributed by atoms with van der Waals surface area (Å²) in [6.45, 7) is 1.96. The van der Waals surface area contributed by atoms with Crippen molar-refractivity contribution < 1.29 is 19.1 Å². The molecule has 1 unspecified atom stereocenters. The van der Waals surface area contributed by atoms with Crippen LogP contribution in [0.3, 0.4) is 0 Å². The van der Waals surface area contributed by atoms with Crippen molar-refractivity contribution in [3.8, 4) is 11.5 Å². The summed E-state index contributed by atoms with van der Waals surface area (Å²) in [5.41, 5.74) is 1.42. The van der Waals surface area contributed by atoms with E-state index in [4.69, 9.17) is 9.47 Å². The third kappa shape index (κ3) is 4.20. The number of hydrogen-bond acceptors (Lipinski definition) is 4. The lowest BCUT2D eigenvalue weighted by atomic mass is 9.49. The molecule has 6 heteroatoms. The Labute approximate surface area is 191 Å². The Morgan fingerprint density at radius 1 is 1.06 bits per heavy atom. The molecule has 4 bridgehead atoms. The molecule has 32 heavy (non-hydrogen) atoms. The van der Waals surface area contributed by atoms with Crippen LogP contribution in [0.2, 0.25) is 0 Å². The zero-order chi connectivity index (χ0) is 22.3. The van der Waals surface area contributed by atoms with Gasteiger partial charge in [0.2, 0.25) is 11.8 Å². The first-order valence-corrected chi connectivity index (χ1v) is 12.2. The van der Waals surface area contributed by atoms with Crippen molar-refractivity contribution in [2.75, 3.05) is 33.9 Å². The topological polar surface area (TPSA) is 67.9 Å². The maximum Gasteiger partial charge on any atom is 0.225 e. The molecule has 1 heterocycles. The van der Waals surface area contributed by atoms with Gasteiger partial charge in [0.05, 0.1) is 20.1 Å². The van der Waals surface area contributed by atoms with Crippen molar-refractivity contribution in [1.29, 1.82) is 0 Å². The van der Waals surface area contributed by atoms with E-state index in [-0.39, 0.29) is 17.7 Å². The average molecular weight is 441 g/mol. The fraction of sp³-hybridized carbons (Fsp3) is 0.692. The summed E-state index contributed by atoms with van der Waals surface area (Å²) in [4.78, 5) is 27.3. The highest BCUT2D eigenvalue weighted by molar-refractivity contribution is 5.89. The summed E-state index contributed by atoms with van der Waals surface area (Å²) in [5, 5.41) is 3.28. The standard InChI is InChI=1S/C26H36N2O4/c1-31-22-4-3-17(10-23(22)32-2)5-6-28-15-21(11-24(28)29)25(30)27-16-26-12-18-7-19(13-26)9-20(8-18)14-26/h3-4,10,18-21H,5-9,11-16H2,1-2H3,(H,27,30). The minimum Gasteiger partial charge on any atom is -0.493 e. The molecule has 1 aliphatic heterocycles. The van der Waals surface area contributed by atoms with Crippen molar-refractivity contribution in [3.05, 3.63) is 23.8 Å². The number of ether oxygens (including phenoxy) is 2. The maximum absolute atomic E-state index is 12.9. The number of nitrogens with zero attached hydrogens (tertiary/aromatic N) is 1. The molecule has 1 aromatic carbocycles. The number of nitrogens with one attached hydrogen (secondary N) is 1. The number of amides is 2. The molecule has 4 aliphatic carbocycles. The van der Waals surface area contributed by atoms with Crippen LogP contribution < -0.4 is 14.8 Å². The van der Waals surface area contributed by atoms with Gasteiger partial charge in [-0.1, -0.05) is 6.07 Å². The van der Waals surface area contributed by atoms with Crippen molar-refractivity contribution in [2.45, 2.75) is 51.4 Å². The van der Waals surface area contributed by atoms with Crippen LogP contribution in [0.4, 0.5) is 0 Å². The van der Waals surface area contributed by atoms with Gasteiger partial charge in [0.1, 0.15) is 0 Å². The molecule has 1 atom stereocenters. The predicted octanol–water partition coefficient (Wildman–Crippen LogP) is 3.43. The number of likely N-dealkylation sites (tertiary alicyclic amines) is 1. The largest absolute Gasteiger partial charge is 0.493 e. The van der Waals surface area contributed by atoms with Crippen LogP contribution in [-0.4, -0.2) is 50.6 Å². The van der Waals surface area contributed by atoms with Gasteiger partial charge in [-0.25, -0.2) is 0 Å². The van der Waals surface area contributed by atoms with E-state index in [0.29, 0.717) is 36.4 Å². The normalized spacial score (nSPS) is 32.9. The highest BCUT2D eigenvalue weighted by Gasteiger charge is 2.51. The molecular weight excluding hydrogens is 404 g/mol. The van der Waals surface area contributed by atoms with Crippen molar-refractivity contribution in [1.82, 2.24) is 10.2 Å². The SMILES string of the molecule is COc1ccc(CCN2CC(C(=O)NCC34CC5CC(CC(C5)C3)C4)CC2=O)cc1OC. The van der Waals surface area contributed by atoms with E-state index < -0.39 is 0 Å². The van der Waals surface area contributed by atoms with Gasteiger partial charge in [-0.05, 0) is 85.8 Å². The molecule has 1 aromatic rings. The van der Waals surface area contributed by atoms with Crippen LogP contribution in [0.1, 0.15) is 50.5 Å². The van der Waals surface area contributed by atoms with E-state index >= 15 is 0 Å². The van der Waals surface area contributed by atoms with Gasteiger partial charge in [0.25, 0.3) is 0 Å². The number of carbonyl (C=O) groups is 2. The van der Waals surface area contributed by atoms with Crippen molar-refractivity contribution >= 4 is 11.8 Å². The highest BCUT2D eigenvalue weighted by atomic mass is 16.5. The first-order chi connectivity index (χ1) is 15.5. The highest BCUT2D eigenvalue weighted by Crippen LogP contribution is 2.59. The summed E-state index contributed by atoms with van der Waals surface area (Å²) in [6, 6.07) is 5.84. The molecule has 1 saturated heterocycles. The first-order valence-electron chi connectivity index (χ1n) is 12.2. The second-order valence-corrected chi connectivity index (χ2v) is 10.8. The molecule has 1 N–H and O–H groups in total. The third-order valence-electron chi connectivity index (χ3n) is 8.51. The van der Waals surface area contributed by atoms with Crippen LogP contribution in [0.25, 0.3) is 0 Å². The second-order valence-electron chi connectivity index (χ2n) is 10.8. The molecule has 0 radical (unpaired) electrons. The minimum atomic E-state index is -0.221. The Kier molecular flexibility index (Phi) is 5.81. The van der Waals surface area contributed by atoms with Gasteiger partial charge in [-0.3, -0.25) is 9.59 Å². The predicted molar refractivity (Wildman–Crippen MR) is 122 cm³/mol. The lowest BCUT2D eigenvalue weighted by molar-refractivity contribution is -0.129. The van der Waals surface area contributed by atoms with Crippen LogP contribution in [0.5, 0.6) is 11.5 Å². The summed E-state index contributed by atoms with van der Waals surface area (Å²) >= 11 is 0. The van der Waals surface area contributed by atoms with E-state index in [9.17, 15) is 9.59 Å². The van der Waals surface area contributed by atoms with Gasteiger partial charge in [-0.15, -0.1) is 0 Å². The number of hydrogen-bond donors (Lipinski definition) is 1. The molecule has 0 aromatic heterocycles. The van der Waals surface area contributed by atoms with Crippen LogP contribution in [0.15, 0.2) is 18.2 Å². The summed E-state index contributed by atoms with van der Waals surface area (Å²) < 4.78 is 10.7. The van der Waals surface area contributed by atoms with Crippen molar-refractivity contribution in [2.24, 2.45) is 29.1 Å².